The average Bonchev–Trinajstić information content (AvgIpc) is 3.27. The van der Waals surface area contributed by atoms with Crippen LogP contribution in [0.2, 0.25) is 0 Å². The van der Waals surface area contributed by atoms with Crippen molar-refractivity contribution in [1.82, 2.24) is 9.38 Å². The Morgan fingerprint density at radius 2 is 1.07 bits per heavy atom. The molecule has 2 heteroatoms. The number of rotatable bonds is 0. The molecular formula is C26H16N2. The topological polar surface area (TPSA) is 20.2 Å². The van der Waals surface area contributed by atoms with E-state index in [2.05, 4.69) is 100 Å². The zero-order valence-electron chi connectivity index (χ0n) is 15.1. The molecule has 0 amide bonds. The molecule has 0 atom stereocenters. The number of hydrogen-bond acceptors (Lipinski definition) is 0. The second-order valence-corrected chi connectivity index (χ2v) is 7.49. The van der Waals surface area contributed by atoms with E-state index in [0.29, 0.717) is 0 Å². The van der Waals surface area contributed by atoms with Gasteiger partial charge in [0.25, 0.3) is 0 Å². The third-order valence-electron chi connectivity index (χ3n) is 6.09. The number of nitrogens with one attached hydrogen (secondary N) is 1. The molecule has 1 N–H and O–H groups in total. The number of H-pyrrole nitrogens is 1. The van der Waals surface area contributed by atoms with Gasteiger partial charge in [-0.3, -0.25) is 0 Å². The van der Waals surface area contributed by atoms with Gasteiger partial charge in [0, 0.05) is 21.7 Å². The van der Waals surface area contributed by atoms with E-state index >= 15 is 0 Å². The van der Waals surface area contributed by atoms with Gasteiger partial charge in [0.15, 0.2) is 0 Å². The summed E-state index contributed by atoms with van der Waals surface area (Å²) >= 11 is 0. The van der Waals surface area contributed by atoms with E-state index in [1.165, 1.54) is 59.9 Å². The van der Waals surface area contributed by atoms with E-state index in [0.717, 1.165) is 0 Å². The zero-order chi connectivity index (χ0) is 18.2. The third-order valence-corrected chi connectivity index (χ3v) is 6.09. The molecule has 130 valence electrons. The maximum absolute atomic E-state index is 3.72. The van der Waals surface area contributed by atoms with Gasteiger partial charge in [-0.05, 0) is 34.4 Å². The van der Waals surface area contributed by atoms with Crippen molar-refractivity contribution in [2.24, 2.45) is 0 Å². The van der Waals surface area contributed by atoms with Crippen molar-refractivity contribution in [3.63, 3.8) is 0 Å². The number of benzene rings is 4. The number of aromatic amines is 1. The number of aromatic nitrogens is 2. The minimum absolute atomic E-state index is 1.19. The Kier molecular flexibility index (Phi) is 2.52. The van der Waals surface area contributed by atoms with E-state index in [1.54, 1.807) is 0 Å². The molecule has 4 aromatic carbocycles. The Morgan fingerprint density at radius 3 is 1.86 bits per heavy atom. The first-order valence-electron chi connectivity index (χ1n) is 9.65. The van der Waals surface area contributed by atoms with Gasteiger partial charge in [0.05, 0.1) is 22.1 Å². The molecule has 0 saturated carbocycles. The van der Waals surface area contributed by atoms with Crippen molar-refractivity contribution in [2.45, 2.75) is 0 Å². The van der Waals surface area contributed by atoms with Gasteiger partial charge < -0.3 is 9.38 Å². The smallest absolute Gasteiger partial charge is 0.0804 e. The summed E-state index contributed by atoms with van der Waals surface area (Å²) < 4.78 is 2.44. The highest BCUT2D eigenvalue weighted by molar-refractivity contribution is 6.28. The van der Waals surface area contributed by atoms with Crippen molar-refractivity contribution in [2.75, 3.05) is 0 Å². The summed E-state index contributed by atoms with van der Waals surface area (Å²) in [6.07, 6.45) is 0. The highest BCUT2D eigenvalue weighted by Crippen LogP contribution is 2.40. The molecule has 0 fully saturated rings. The first-order valence-corrected chi connectivity index (χ1v) is 9.65. The molecule has 0 aliphatic heterocycles. The molecule has 2 nitrogen and oxygen atoms in total. The molecule has 0 aliphatic carbocycles. The lowest BCUT2D eigenvalue weighted by molar-refractivity contribution is 1.36. The third kappa shape index (κ3) is 1.59. The maximum atomic E-state index is 3.72. The molecule has 3 heterocycles. The van der Waals surface area contributed by atoms with E-state index in [4.69, 9.17) is 0 Å². The zero-order valence-corrected chi connectivity index (χ0v) is 15.1. The van der Waals surface area contributed by atoms with Crippen LogP contribution in [0.5, 0.6) is 0 Å². The molecule has 7 aromatic rings. The number of hydrogen-bond donors (Lipinski definition) is 1. The normalized spacial score (nSPS) is 12.3. The fourth-order valence-corrected chi connectivity index (χ4v) is 4.97. The lowest BCUT2D eigenvalue weighted by Crippen LogP contribution is -1.88. The molecule has 0 unspecified atom stereocenters. The van der Waals surface area contributed by atoms with E-state index in [-0.39, 0.29) is 0 Å². The summed E-state index contributed by atoms with van der Waals surface area (Å²) in [6, 6.07) is 32.8. The molecule has 28 heavy (non-hydrogen) atoms. The fraction of sp³-hybridized carbons (Fsp3) is 0. The van der Waals surface area contributed by atoms with Gasteiger partial charge in [-0.2, -0.15) is 0 Å². The lowest BCUT2D eigenvalue weighted by Gasteiger charge is -2.09. The SMILES string of the molecule is c1ccc2c(c1)c1cccc3[nH]c4c5ccccc5n(c5ccccc25)c4c31. The summed E-state index contributed by atoms with van der Waals surface area (Å²) in [5.74, 6) is 0. The molecular weight excluding hydrogens is 340 g/mol. The summed E-state index contributed by atoms with van der Waals surface area (Å²) in [6.45, 7) is 0. The monoisotopic (exact) mass is 356 g/mol. The van der Waals surface area contributed by atoms with Crippen LogP contribution in [0.4, 0.5) is 0 Å². The Balaban J connectivity index is 2.04. The van der Waals surface area contributed by atoms with Gasteiger partial charge in [-0.15, -0.1) is 0 Å². The quantitative estimate of drug-likeness (QED) is 0.301. The molecule has 0 radical (unpaired) electrons. The van der Waals surface area contributed by atoms with E-state index in [1.807, 2.05) is 0 Å². The minimum Gasteiger partial charge on any atom is -0.353 e. The van der Waals surface area contributed by atoms with Crippen molar-refractivity contribution in [3.05, 3.63) is 91.0 Å². The molecule has 0 spiro atoms. The first kappa shape index (κ1) is 14.3. The predicted molar refractivity (Wildman–Crippen MR) is 119 cm³/mol. The van der Waals surface area contributed by atoms with Gasteiger partial charge in [0.1, 0.15) is 0 Å². The number of nitrogens with zero attached hydrogens (tertiary/aromatic N) is 1. The minimum atomic E-state index is 1.19. The van der Waals surface area contributed by atoms with Crippen LogP contribution in [-0.4, -0.2) is 9.38 Å². The highest BCUT2D eigenvalue weighted by Gasteiger charge is 2.18. The second-order valence-electron chi connectivity index (χ2n) is 7.49. The van der Waals surface area contributed by atoms with Crippen LogP contribution < -0.4 is 0 Å². The van der Waals surface area contributed by atoms with Crippen LogP contribution in [0.25, 0.3) is 59.9 Å². The first-order chi connectivity index (χ1) is 13.9. The maximum Gasteiger partial charge on any atom is 0.0804 e. The van der Waals surface area contributed by atoms with Gasteiger partial charge in [-0.1, -0.05) is 72.8 Å². The van der Waals surface area contributed by atoms with Crippen molar-refractivity contribution < 1.29 is 0 Å². The summed E-state index contributed by atoms with van der Waals surface area (Å²) in [5, 5.41) is 7.69. The van der Waals surface area contributed by atoms with Crippen LogP contribution in [0.15, 0.2) is 91.0 Å². The van der Waals surface area contributed by atoms with Gasteiger partial charge >= 0.3 is 0 Å². The predicted octanol–water partition coefficient (Wildman–Crippen LogP) is 7.03. The van der Waals surface area contributed by atoms with E-state index < -0.39 is 0 Å². The highest BCUT2D eigenvalue weighted by atomic mass is 14.9. The second kappa shape index (κ2) is 4.93. The standard InChI is InChI=1S/C26H16N2/c1-2-9-17-16(8-1)18-10-3-5-14-22(18)28-23-15-6-4-11-20(23)25-26(28)24-19(17)12-7-13-21(24)27-25/h1-15,27H. The Labute approximate surface area is 160 Å². The number of para-hydroxylation sites is 2. The van der Waals surface area contributed by atoms with Crippen LogP contribution >= 0.6 is 0 Å². The molecule has 0 saturated heterocycles. The summed E-state index contributed by atoms with van der Waals surface area (Å²) in [5.41, 5.74) is 6.15. The van der Waals surface area contributed by atoms with Crippen LogP contribution in [0, 0.1) is 0 Å². The Bertz CT molecular complexity index is 1710. The number of fused-ring (bicyclic) bond motifs is 8. The largest absolute Gasteiger partial charge is 0.353 e. The molecule has 0 aliphatic rings. The molecule has 7 rings (SSSR count). The summed E-state index contributed by atoms with van der Waals surface area (Å²) in [4.78, 5) is 3.72. The van der Waals surface area contributed by atoms with Crippen LogP contribution in [0.3, 0.4) is 0 Å². The average molecular weight is 356 g/mol. The Hall–Kier alpha value is -3.78. The molecule has 0 bridgehead atoms. The molecule has 3 aromatic heterocycles. The van der Waals surface area contributed by atoms with Crippen LogP contribution in [-0.2, 0) is 0 Å². The fourth-order valence-electron chi connectivity index (χ4n) is 4.97. The van der Waals surface area contributed by atoms with Crippen LogP contribution in [0.1, 0.15) is 0 Å². The van der Waals surface area contributed by atoms with E-state index in [9.17, 15) is 0 Å². The summed E-state index contributed by atoms with van der Waals surface area (Å²) in [7, 11) is 0. The van der Waals surface area contributed by atoms with Gasteiger partial charge in [0.2, 0.25) is 0 Å². The van der Waals surface area contributed by atoms with Crippen molar-refractivity contribution >= 4 is 59.9 Å². The Morgan fingerprint density at radius 1 is 0.500 bits per heavy atom. The van der Waals surface area contributed by atoms with Crippen molar-refractivity contribution in [3.8, 4) is 0 Å². The lowest BCUT2D eigenvalue weighted by atomic mass is 10.0. The van der Waals surface area contributed by atoms with Crippen molar-refractivity contribution in [1.29, 1.82) is 0 Å². The van der Waals surface area contributed by atoms with Gasteiger partial charge in [-0.25, -0.2) is 0 Å².